The summed E-state index contributed by atoms with van der Waals surface area (Å²) in [6, 6.07) is 9.02. The lowest BCUT2D eigenvalue weighted by Crippen LogP contribution is -2.22. The van der Waals surface area contributed by atoms with Gasteiger partial charge in [0.15, 0.2) is 0 Å². The maximum Gasteiger partial charge on any atom is 0.252 e. The monoisotopic (exact) mass is 309 g/mol. The molecule has 1 unspecified atom stereocenters. The van der Waals surface area contributed by atoms with E-state index in [0.29, 0.717) is 16.1 Å². The first-order valence-electron chi connectivity index (χ1n) is 6.08. The van der Waals surface area contributed by atoms with Crippen LogP contribution in [0.5, 0.6) is 0 Å². The first-order valence-corrected chi connectivity index (χ1v) is 6.86. The fourth-order valence-corrected chi connectivity index (χ4v) is 2.47. The third-order valence-electron chi connectivity index (χ3n) is 2.80. The van der Waals surface area contributed by atoms with Crippen LogP contribution in [0.15, 0.2) is 40.9 Å². The van der Waals surface area contributed by atoms with Crippen LogP contribution < -0.4 is 5.32 Å². The van der Waals surface area contributed by atoms with Gasteiger partial charge in [-0.3, -0.25) is 9.59 Å². The van der Waals surface area contributed by atoms with E-state index in [1.54, 1.807) is 26.0 Å². The molecule has 1 aromatic carbocycles. The van der Waals surface area contributed by atoms with Crippen LogP contribution in [0, 0.1) is 5.92 Å². The molecule has 5 heteroatoms. The van der Waals surface area contributed by atoms with Gasteiger partial charge in [0.1, 0.15) is 5.78 Å². The summed E-state index contributed by atoms with van der Waals surface area (Å²) in [6.45, 7) is 4.63. The third kappa shape index (κ3) is 4.25. The van der Waals surface area contributed by atoms with E-state index < -0.39 is 5.92 Å². The van der Waals surface area contributed by atoms with Gasteiger partial charge in [-0.2, -0.15) is 0 Å². The zero-order valence-corrected chi connectivity index (χ0v) is 13.1. The molecule has 106 valence electrons. The first kappa shape index (κ1) is 16.5. The van der Waals surface area contributed by atoms with Crippen LogP contribution in [0.4, 0.5) is 5.69 Å². The van der Waals surface area contributed by atoms with E-state index in [1.165, 1.54) is 6.92 Å². The molecule has 0 radical (unpaired) electrons. The summed E-state index contributed by atoms with van der Waals surface area (Å²) in [7, 11) is 0. The molecule has 0 bridgehead atoms. The van der Waals surface area contributed by atoms with E-state index in [4.69, 9.17) is 23.8 Å². The highest BCUT2D eigenvalue weighted by Crippen LogP contribution is 2.24. The van der Waals surface area contributed by atoms with Gasteiger partial charge >= 0.3 is 0 Å². The van der Waals surface area contributed by atoms with Crippen molar-refractivity contribution in [2.75, 3.05) is 5.32 Å². The molecule has 0 aromatic heterocycles. The van der Waals surface area contributed by atoms with Crippen LogP contribution in [-0.4, -0.2) is 16.6 Å². The number of Topliss-reactive ketones (excluding diaryl/α,β-unsaturated/α-hetero) is 1. The number of thiocarbonyl (C=S) groups is 1. The number of carbonyl (C=O) groups excluding carboxylic acids is 2. The number of amides is 1. The molecule has 0 aliphatic carbocycles. The number of ketones is 1. The molecule has 1 atom stereocenters. The van der Waals surface area contributed by atoms with Crippen LogP contribution in [-0.2, 0) is 9.59 Å². The zero-order chi connectivity index (χ0) is 15.3. The lowest BCUT2D eigenvalue weighted by atomic mass is 9.98. The van der Waals surface area contributed by atoms with Crippen molar-refractivity contribution in [2.24, 2.45) is 5.92 Å². The molecule has 0 fully saturated rings. The van der Waals surface area contributed by atoms with Gasteiger partial charge in [-0.15, -0.1) is 0 Å². The quantitative estimate of drug-likeness (QED) is 0.666. The van der Waals surface area contributed by atoms with E-state index >= 15 is 0 Å². The van der Waals surface area contributed by atoms with Crippen LogP contribution in [0.25, 0.3) is 0 Å². The first-order chi connectivity index (χ1) is 9.34. The highest BCUT2D eigenvalue weighted by Gasteiger charge is 2.24. The highest BCUT2D eigenvalue weighted by atomic mass is 35.5. The van der Waals surface area contributed by atoms with Gasteiger partial charge in [0.25, 0.3) is 5.91 Å². The summed E-state index contributed by atoms with van der Waals surface area (Å²) in [5.41, 5.74) is 0.958. The standard InChI is InChI=1S/C15H16ClNO2S/c1-9(14(16)13(10(2)18)11(3)20)15(19)17-12-7-5-4-6-8-12/h4-8,13H,1-3H3,(H,17,19)/b14-9-. The Bertz CT molecular complexity index is 552. The smallest absolute Gasteiger partial charge is 0.252 e. The van der Waals surface area contributed by atoms with E-state index in [9.17, 15) is 9.59 Å². The van der Waals surface area contributed by atoms with E-state index in [2.05, 4.69) is 5.32 Å². The molecule has 0 aliphatic heterocycles. The van der Waals surface area contributed by atoms with Gasteiger partial charge in [-0.25, -0.2) is 0 Å². The van der Waals surface area contributed by atoms with Crippen molar-refractivity contribution in [3.63, 3.8) is 0 Å². The molecule has 0 spiro atoms. The topological polar surface area (TPSA) is 46.2 Å². The van der Waals surface area contributed by atoms with Crippen molar-refractivity contribution < 1.29 is 9.59 Å². The lowest BCUT2D eigenvalue weighted by molar-refractivity contribution is -0.117. The summed E-state index contributed by atoms with van der Waals surface area (Å²) >= 11 is 11.2. The Balaban J connectivity index is 2.98. The minimum absolute atomic E-state index is 0.172. The van der Waals surface area contributed by atoms with Gasteiger partial charge in [0.2, 0.25) is 0 Å². The number of anilines is 1. The number of allylic oxidation sites excluding steroid dienone is 1. The summed E-state index contributed by atoms with van der Waals surface area (Å²) in [4.78, 5) is 24.1. The zero-order valence-electron chi connectivity index (χ0n) is 11.6. The van der Waals surface area contributed by atoms with Crippen molar-refractivity contribution in [3.05, 3.63) is 40.9 Å². The van der Waals surface area contributed by atoms with Crippen LogP contribution in [0.1, 0.15) is 20.8 Å². The molecule has 1 N–H and O–H groups in total. The number of carbonyl (C=O) groups is 2. The van der Waals surface area contributed by atoms with Gasteiger partial charge in [0.05, 0.1) is 5.92 Å². The van der Waals surface area contributed by atoms with Gasteiger partial charge in [0, 0.05) is 21.2 Å². The Morgan fingerprint density at radius 2 is 1.70 bits per heavy atom. The molecule has 0 saturated carbocycles. The van der Waals surface area contributed by atoms with Crippen molar-refractivity contribution in [3.8, 4) is 0 Å². The largest absolute Gasteiger partial charge is 0.322 e. The minimum atomic E-state index is -0.701. The number of benzene rings is 1. The molecular weight excluding hydrogens is 294 g/mol. The lowest BCUT2D eigenvalue weighted by Gasteiger charge is -2.14. The average Bonchev–Trinajstić information content (AvgIpc) is 2.37. The Hall–Kier alpha value is -1.52. The Morgan fingerprint density at radius 1 is 1.15 bits per heavy atom. The van der Waals surface area contributed by atoms with E-state index in [1.807, 2.05) is 18.2 Å². The van der Waals surface area contributed by atoms with Gasteiger partial charge in [-0.05, 0) is 32.9 Å². The average molecular weight is 310 g/mol. The van der Waals surface area contributed by atoms with Gasteiger partial charge in [-0.1, -0.05) is 42.0 Å². The molecule has 0 saturated heterocycles. The second-order valence-electron chi connectivity index (χ2n) is 4.45. The second kappa shape index (κ2) is 7.31. The fourth-order valence-electron chi connectivity index (χ4n) is 1.71. The predicted molar refractivity (Wildman–Crippen MR) is 86.1 cm³/mol. The maximum absolute atomic E-state index is 12.1. The molecule has 1 aromatic rings. The molecule has 20 heavy (non-hydrogen) atoms. The third-order valence-corrected chi connectivity index (χ3v) is 3.53. The number of rotatable bonds is 5. The van der Waals surface area contributed by atoms with Crippen LogP contribution >= 0.6 is 23.8 Å². The van der Waals surface area contributed by atoms with Crippen molar-refractivity contribution in [1.82, 2.24) is 0 Å². The molecule has 0 heterocycles. The molecule has 1 amide bonds. The fraction of sp³-hybridized carbons (Fsp3) is 0.267. The van der Waals surface area contributed by atoms with Crippen molar-refractivity contribution >= 4 is 46.1 Å². The SMILES string of the molecule is CC(=O)C(C(C)=S)/C(Cl)=C(\C)C(=O)Nc1ccccc1. The normalized spacial score (nSPS) is 13.2. The highest BCUT2D eigenvalue weighted by molar-refractivity contribution is 7.80. The maximum atomic E-state index is 12.1. The Morgan fingerprint density at radius 3 is 2.15 bits per heavy atom. The number of hydrogen-bond donors (Lipinski definition) is 1. The van der Waals surface area contributed by atoms with Crippen molar-refractivity contribution in [1.29, 1.82) is 0 Å². The summed E-state index contributed by atoms with van der Waals surface area (Å²) in [6.07, 6.45) is 0. The van der Waals surface area contributed by atoms with Crippen LogP contribution in [0.2, 0.25) is 0 Å². The minimum Gasteiger partial charge on any atom is -0.322 e. The Labute approximate surface area is 129 Å². The molecular formula is C15H16ClNO2S. The summed E-state index contributed by atoms with van der Waals surface area (Å²) in [5, 5.41) is 2.90. The second-order valence-corrected chi connectivity index (χ2v) is 5.50. The van der Waals surface area contributed by atoms with E-state index in [-0.39, 0.29) is 16.7 Å². The molecule has 1 rings (SSSR count). The van der Waals surface area contributed by atoms with Crippen LogP contribution in [0.3, 0.4) is 0 Å². The number of hydrogen-bond acceptors (Lipinski definition) is 3. The molecule has 0 aliphatic rings. The molecule has 3 nitrogen and oxygen atoms in total. The number of halogens is 1. The van der Waals surface area contributed by atoms with E-state index in [0.717, 1.165) is 0 Å². The number of para-hydroxylation sites is 1. The predicted octanol–water partition coefficient (Wildman–Crippen LogP) is 3.73. The van der Waals surface area contributed by atoms with Gasteiger partial charge < -0.3 is 5.32 Å². The van der Waals surface area contributed by atoms with Crippen molar-refractivity contribution in [2.45, 2.75) is 20.8 Å². The number of nitrogens with one attached hydrogen (secondary N) is 1. The summed E-state index contributed by atoms with van der Waals surface area (Å²) < 4.78 is 0. The Kier molecular flexibility index (Phi) is 6.05. The summed E-state index contributed by atoms with van der Waals surface area (Å²) in [5.74, 6) is -1.22.